The Labute approximate surface area is 94.2 Å². The molecule has 0 aliphatic rings. The minimum Gasteiger partial charge on any atom is -0.507 e. The minimum atomic E-state index is -1.32. The molecule has 1 aromatic carbocycles. The van der Waals surface area contributed by atoms with Gasteiger partial charge in [-0.05, 0) is 24.3 Å². The number of hydrogen-bond donors (Lipinski definition) is 2. The van der Waals surface area contributed by atoms with E-state index in [1.807, 2.05) is 0 Å². The largest absolute Gasteiger partial charge is 0.507 e. The van der Waals surface area contributed by atoms with Gasteiger partial charge in [0.25, 0.3) is 0 Å². The van der Waals surface area contributed by atoms with Crippen molar-refractivity contribution in [2.75, 3.05) is 0 Å². The van der Waals surface area contributed by atoms with Crippen molar-refractivity contribution in [2.45, 2.75) is 0 Å². The summed E-state index contributed by atoms with van der Waals surface area (Å²) in [5, 5.41) is 26.5. The van der Waals surface area contributed by atoms with Gasteiger partial charge in [0.15, 0.2) is 0 Å². The van der Waals surface area contributed by atoms with E-state index in [0.717, 1.165) is 6.08 Å². The lowest BCUT2D eigenvalue weighted by atomic mass is 10.1. The highest BCUT2D eigenvalue weighted by molar-refractivity contribution is 9.10. The van der Waals surface area contributed by atoms with Crippen molar-refractivity contribution < 1.29 is 15.0 Å². The van der Waals surface area contributed by atoms with Gasteiger partial charge in [-0.25, -0.2) is 4.79 Å². The summed E-state index contributed by atoms with van der Waals surface area (Å²) in [5.74, 6) is -1.40. The summed E-state index contributed by atoms with van der Waals surface area (Å²) in [6, 6.07) is 6.08. The van der Waals surface area contributed by atoms with Gasteiger partial charge in [-0.1, -0.05) is 15.9 Å². The topological polar surface area (TPSA) is 81.3 Å². The van der Waals surface area contributed by atoms with Crippen LogP contribution in [0, 0.1) is 11.3 Å². The molecule has 5 heteroatoms. The number of aromatic hydroxyl groups is 1. The molecule has 0 aliphatic carbocycles. The molecule has 15 heavy (non-hydrogen) atoms. The van der Waals surface area contributed by atoms with Gasteiger partial charge in [0, 0.05) is 10.0 Å². The van der Waals surface area contributed by atoms with Crippen molar-refractivity contribution in [3.05, 3.63) is 33.8 Å². The van der Waals surface area contributed by atoms with Crippen LogP contribution in [0.15, 0.2) is 28.2 Å². The highest BCUT2D eigenvalue weighted by atomic mass is 79.9. The number of carbonyl (C=O) groups is 1. The number of halogens is 1. The summed E-state index contributed by atoms with van der Waals surface area (Å²) in [7, 11) is 0. The molecular formula is C10H6BrNO3. The van der Waals surface area contributed by atoms with Crippen LogP contribution in [0.1, 0.15) is 5.56 Å². The molecule has 0 saturated heterocycles. The molecule has 0 aliphatic heterocycles. The number of phenols is 1. The monoisotopic (exact) mass is 267 g/mol. The van der Waals surface area contributed by atoms with E-state index >= 15 is 0 Å². The highest BCUT2D eigenvalue weighted by Gasteiger charge is 2.07. The van der Waals surface area contributed by atoms with Gasteiger partial charge >= 0.3 is 5.97 Å². The van der Waals surface area contributed by atoms with E-state index in [2.05, 4.69) is 15.9 Å². The Bertz CT molecular complexity index is 474. The number of benzene rings is 1. The van der Waals surface area contributed by atoms with E-state index in [1.165, 1.54) is 18.2 Å². The number of aliphatic carboxylic acids is 1. The number of rotatable bonds is 2. The Morgan fingerprint density at radius 1 is 1.53 bits per heavy atom. The number of hydrogen-bond acceptors (Lipinski definition) is 3. The number of nitrogens with zero attached hydrogens (tertiary/aromatic N) is 1. The van der Waals surface area contributed by atoms with Gasteiger partial charge in [0.05, 0.1) is 0 Å². The smallest absolute Gasteiger partial charge is 0.346 e. The Morgan fingerprint density at radius 2 is 2.20 bits per heavy atom. The maximum absolute atomic E-state index is 10.5. The molecule has 76 valence electrons. The fourth-order valence-electron chi connectivity index (χ4n) is 0.938. The summed E-state index contributed by atoms with van der Waals surface area (Å²) < 4.78 is 0.689. The summed E-state index contributed by atoms with van der Waals surface area (Å²) >= 11 is 3.17. The molecule has 2 N–H and O–H groups in total. The SMILES string of the molecule is N#CC(=Cc1cc(Br)ccc1O)C(=O)O. The zero-order valence-electron chi connectivity index (χ0n) is 7.44. The van der Waals surface area contributed by atoms with Crippen molar-refractivity contribution in [1.82, 2.24) is 0 Å². The Kier molecular flexibility index (Phi) is 3.47. The van der Waals surface area contributed by atoms with E-state index in [-0.39, 0.29) is 11.3 Å². The lowest BCUT2D eigenvalue weighted by Crippen LogP contribution is -1.97. The summed E-state index contributed by atoms with van der Waals surface area (Å²) in [4.78, 5) is 10.5. The lowest BCUT2D eigenvalue weighted by Gasteiger charge is -1.99. The van der Waals surface area contributed by atoms with Crippen molar-refractivity contribution >= 4 is 28.0 Å². The van der Waals surface area contributed by atoms with Crippen molar-refractivity contribution in [3.8, 4) is 11.8 Å². The maximum Gasteiger partial charge on any atom is 0.346 e. The van der Waals surface area contributed by atoms with Gasteiger partial charge < -0.3 is 10.2 Å². The fourth-order valence-corrected chi connectivity index (χ4v) is 1.32. The Balaban J connectivity index is 3.23. The van der Waals surface area contributed by atoms with Gasteiger partial charge in [0.1, 0.15) is 17.4 Å². The zero-order chi connectivity index (χ0) is 11.4. The molecule has 0 heterocycles. The molecule has 1 aromatic rings. The van der Waals surface area contributed by atoms with Gasteiger partial charge in [-0.15, -0.1) is 0 Å². The third-order valence-corrected chi connectivity index (χ3v) is 2.13. The first-order chi connectivity index (χ1) is 7.04. The molecule has 0 amide bonds. The predicted molar refractivity (Wildman–Crippen MR) is 57.0 cm³/mol. The van der Waals surface area contributed by atoms with E-state index in [4.69, 9.17) is 10.4 Å². The molecule has 0 aromatic heterocycles. The van der Waals surface area contributed by atoms with Gasteiger partial charge in [0.2, 0.25) is 0 Å². The molecule has 0 atom stereocenters. The first-order valence-corrected chi connectivity index (χ1v) is 4.67. The normalized spacial score (nSPS) is 10.8. The van der Waals surface area contributed by atoms with Crippen LogP contribution < -0.4 is 0 Å². The maximum atomic E-state index is 10.5. The molecule has 0 fully saturated rings. The average molecular weight is 268 g/mol. The molecule has 0 radical (unpaired) electrons. The second-order valence-electron chi connectivity index (χ2n) is 2.68. The molecule has 1 rings (SSSR count). The molecule has 0 unspecified atom stereocenters. The molecule has 4 nitrogen and oxygen atoms in total. The van der Waals surface area contributed by atoms with E-state index < -0.39 is 11.5 Å². The van der Waals surface area contributed by atoms with Gasteiger partial charge in [-0.2, -0.15) is 5.26 Å². The number of phenolic OH excluding ortho intramolecular Hbond substituents is 1. The summed E-state index contributed by atoms with van der Waals surface area (Å²) in [5.41, 5.74) is -0.147. The second kappa shape index (κ2) is 4.62. The highest BCUT2D eigenvalue weighted by Crippen LogP contribution is 2.24. The minimum absolute atomic E-state index is 0.0767. The van der Waals surface area contributed by atoms with E-state index in [0.29, 0.717) is 4.47 Å². The van der Waals surface area contributed by atoms with E-state index in [1.54, 1.807) is 6.07 Å². The quantitative estimate of drug-likeness (QED) is 0.636. The third kappa shape index (κ3) is 2.82. The molecular weight excluding hydrogens is 262 g/mol. The Morgan fingerprint density at radius 3 is 2.73 bits per heavy atom. The zero-order valence-corrected chi connectivity index (χ0v) is 9.02. The van der Waals surface area contributed by atoms with Crippen LogP contribution in [0.3, 0.4) is 0 Å². The van der Waals surface area contributed by atoms with Crippen LogP contribution in [-0.4, -0.2) is 16.2 Å². The predicted octanol–water partition coefficient (Wildman–Crippen LogP) is 2.15. The average Bonchev–Trinajstić information content (AvgIpc) is 2.18. The van der Waals surface area contributed by atoms with E-state index in [9.17, 15) is 9.90 Å². The summed E-state index contributed by atoms with van der Waals surface area (Å²) in [6.07, 6.45) is 1.11. The number of carboxylic acid groups (broad SMARTS) is 1. The lowest BCUT2D eigenvalue weighted by molar-refractivity contribution is -0.132. The Hall–Kier alpha value is -1.80. The number of nitriles is 1. The third-order valence-electron chi connectivity index (χ3n) is 1.64. The van der Waals surface area contributed by atoms with Crippen LogP contribution in [0.4, 0.5) is 0 Å². The second-order valence-corrected chi connectivity index (χ2v) is 3.59. The van der Waals surface area contributed by atoms with Crippen molar-refractivity contribution in [1.29, 1.82) is 5.26 Å². The van der Waals surface area contributed by atoms with Crippen LogP contribution >= 0.6 is 15.9 Å². The molecule has 0 bridgehead atoms. The van der Waals surface area contributed by atoms with Crippen LogP contribution in [0.25, 0.3) is 6.08 Å². The molecule has 0 spiro atoms. The van der Waals surface area contributed by atoms with Crippen molar-refractivity contribution in [3.63, 3.8) is 0 Å². The first-order valence-electron chi connectivity index (χ1n) is 3.88. The number of carboxylic acids is 1. The van der Waals surface area contributed by atoms with Crippen LogP contribution in [0.5, 0.6) is 5.75 Å². The van der Waals surface area contributed by atoms with Crippen molar-refractivity contribution in [2.24, 2.45) is 0 Å². The molecule has 0 saturated carbocycles. The standard InChI is InChI=1S/C10H6BrNO3/c11-8-1-2-9(13)6(4-8)3-7(5-12)10(14)15/h1-4,13H,(H,14,15). The first kappa shape index (κ1) is 11.3. The van der Waals surface area contributed by atoms with Gasteiger partial charge in [-0.3, -0.25) is 0 Å². The fraction of sp³-hybridized carbons (Fsp3) is 0. The van der Waals surface area contributed by atoms with Crippen LogP contribution in [-0.2, 0) is 4.79 Å². The van der Waals surface area contributed by atoms with Crippen LogP contribution in [0.2, 0.25) is 0 Å². The summed E-state index contributed by atoms with van der Waals surface area (Å²) in [6.45, 7) is 0.